The van der Waals surface area contributed by atoms with E-state index >= 15 is 0 Å². The van der Waals surface area contributed by atoms with Crippen molar-refractivity contribution in [2.24, 2.45) is 5.10 Å². The molecular formula is C21H18F7N3O4. The number of rotatable bonds is 11. The van der Waals surface area contributed by atoms with E-state index in [0.717, 1.165) is 0 Å². The standard InChI is InChI=1S/C21H18F7N3O4/c1-3-4-15-9-14(11-29-30-21(27,28)19(22,23)20(24,25)26)10-17(34-2)18(15)35-12-13-5-7-16(8-6-13)31(32)33/h3,5-11,30H,1,4,12H2,2H3/b29-11+. The van der Waals surface area contributed by atoms with E-state index in [1.807, 2.05) is 0 Å². The number of benzene rings is 2. The first kappa shape index (κ1) is 27.4. The SMILES string of the molecule is C=CCc1cc(/C=N/NC(F)(F)C(F)(F)C(F)(F)F)cc(OC)c1OCc1ccc([N+](=O)[O-])cc1. The molecule has 0 spiro atoms. The lowest BCUT2D eigenvalue weighted by Crippen LogP contribution is -2.58. The molecule has 0 aromatic heterocycles. The number of hydrogen-bond acceptors (Lipinski definition) is 6. The lowest BCUT2D eigenvalue weighted by Gasteiger charge is -2.27. The number of nitrogens with one attached hydrogen (secondary N) is 1. The maximum Gasteiger partial charge on any atom is 0.462 e. The van der Waals surface area contributed by atoms with Gasteiger partial charge in [-0.1, -0.05) is 6.08 Å². The average Bonchev–Trinajstić information content (AvgIpc) is 2.77. The second kappa shape index (κ2) is 10.6. The number of allylic oxidation sites excluding steroid dienone is 1. The molecule has 0 aliphatic heterocycles. The summed E-state index contributed by atoms with van der Waals surface area (Å²) >= 11 is 0. The molecular weight excluding hydrogens is 491 g/mol. The van der Waals surface area contributed by atoms with Crippen LogP contribution in [0.4, 0.5) is 36.4 Å². The summed E-state index contributed by atoms with van der Waals surface area (Å²) < 4.78 is 100. The zero-order chi connectivity index (χ0) is 26.4. The van der Waals surface area contributed by atoms with Crippen molar-refractivity contribution in [2.45, 2.75) is 31.2 Å². The van der Waals surface area contributed by atoms with Gasteiger partial charge in [0.25, 0.3) is 5.69 Å². The van der Waals surface area contributed by atoms with Crippen LogP contribution in [0.5, 0.6) is 11.5 Å². The number of methoxy groups -OCH3 is 1. The van der Waals surface area contributed by atoms with Crippen LogP contribution in [0, 0.1) is 10.1 Å². The van der Waals surface area contributed by atoms with Crippen molar-refractivity contribution in [1.82, 2.24) is 5.43 Å². The Morgan fingerprint density at radius 2 is 1.74 bits per heavy atom. The van der Waals surface area contributed by atoms with Gasteiger partial charge < -0.3 is 9.47 Å². The van der Waals surface area contributed by atoms with Crippen molar-refractivity contribution in [3.8, 4) is 11.5 Å². The van der Waals surface area contributed by atoms with Crippen LogP contribution >= 0.6 is 0 Å². The minimum absolute atomic E-state index is 0.0139. The summed E-state index contributed by atoms with van der Waals surface area (Å²) in [5, 5.41) is 13.6. The maximum absolute atomic E-state index is 13.4. The Bertz CT molecular complexity index is 1090. The molecule has 0 unspecified atom stereocenters. The van der Waals surface area contributed by atoms with E-state index in [2.05, 4.69) is 11.7 Å². The molecule has 2 aromatic carbocycles. The number of nitrogens with zero attached hydrogens (tertiary/aromatic N) is 2. The van der Waals surface area contributed by atoms with E-state index in [1.165, 1.54) is 49.6 Å². The van der Waals surface area contributed by atoms with Crippen molar-refractivity contribution < 1.29 is 45.1 Å². The molecule has 0 radical (unpaired) electrons. The molecule has 0 aliphatic rings. The van der Waals surface area contributed by atoms with Gasteiger partial charge in [0.2, 0.25) is 0 Å². The number of ether oxygens (including phenoxy) is 2. The molecule has 0 aliphatic carbocycles. The summed E-state index contributed by atoms with van der Waals surface area (Å²) in [4.78, 5) is 10.2. The highest BCUT2D eigenvalue weighted by Gasteiger charge is 2.73. The smallest absolute Gasteiger partial charge is 0.462 e. The maximum atomic E-state index is 13.4. The number of hydrazone groups is 1. The summed E-state index contributed by atoms with van der Waals surface area (Å²) in [7, 11) is 1.25. The lowest BCUT2D eigenvalue weighted by atomic mass is 10.1. The molecule has 0 amide bonds. The number of alkyl halides is 7. The van der Waals surface area contributed by atoms with E-state index in [0.29, 0.717) is 22.8 Å². The van der Waals surface area contributed by atoms with Gasteiger partial charge >= 0.3 is 18.1 Å². The molecule has 2 rings (SSSR count). The average molecular weight is 509 g/mol. The normalized spacial score (nSPS) is 12.5. The first-order valence-electron chi connectivity index (χ1n) is 9.54. The third kappa shape index (κ3) is 6.39. The summed E-state index contributed by atoms with van der Waals surface area (Å²) in [6.45, 7) is 3.54. The Morgan fingerprint density at radius 3 is 2.26 bits per heavy atom. The van der Waals surface area contributed by atoms with Crippen LogP contribution in [0.25, 0.3) is 0 Å². The second-order valence-electron chi connectivity index (χ2n) is 6.93. The monoisotopic (exact) mass is 509 g/mol. The predicted octanol–water partition coefficient (Wildman–Crippen LogP) is 5.62. The molecule has 190 valence electrons. The fourth-order valence-electron chi connectivity index (χ4n) is 2.69. The van der Waals surface area contributed by atoms with Crippen molar-refractivity contribution in [3.05, 3.63) is 75.9 Å². The number of nitro groups is 1. The molecule has 7 nitrogen and oxygen atoms in total. The highest BCUT2D eigenvalue weighted by atomic mass is 19.4. The molecule has 0 atom stereocenters. The Kier molecular flexibility index (Phi) is 8.31. The number of non-ortho nitro benzene ring substituents is 1. The number of hydrogen-bond donors (Lipinski definition) is 1. The van der Waals surface area contributed by atoms with Crippen molar-refractivity contribution in [1.29, 1.82) is 0 Å². The highest BCUT2D eigenvalue weighted by molar-refractivity contribution is 5.81. The van der Waals surface area contributed by atoms with Gasteiger partial charge in [0, 0.05) is 17.7 Å². The van der Waals surface area contributed by atoms with E-state index in [1.54, 1.807) is 0 Å². The second-order valence-corrected chi connectivity index (χ2v) is 6.93. The van der Waals surface area contributed by atoms with Crippen molar-refractivity contribution in [3.63, 3.8) is 0 Å². The summed E-state index contributed by atoms with van der Waals surface area (Å²) in [5.74, 6) is -6.09. The quantitative estimate of drug-likeness (QED) is 0.106. The molecule has 14 heteroatoms. The largest absolute Gasteiger partial charge is 0.493 e. The van der Waals surface area contributed by atoms with Crippen LogP contribution in [-0.2, 0) is 13.0 Å². The molecule has 35 heavy (non-hydrogen) atoms. The Morgan fingerprint density at radius 1 is 1.11 bits per heavy atom. The minimum atomic E-state index is -6.50. The molecule has 0 fully saturated rings. The predicted molar refractivity (Wildman–Crippen MR) is 111 cm³/mol. The van der Waals surface area contributed by atoms with Gasteiger partial charge in [0.1, 0.15) is 6.61 Å². The van der Waals surface area contributed by atoms with Crippen LogP contribution in [0.15, 0.2) is 54.2 Å². The first-order chi connectivity index (χ1) is 16.2. The van der Waals surface area contributed by atoms with Crippen LogP contribution in [0.3, 0.4) is 0 Å². The third-order valence-electron chi connectivity index (χ3n) is 4.44. The van der Waals surface area contributed by atoms with E-state index < -0.39 is 23.1 Å². The fourth-order valence-corrected chi connectivity index (χ4v) is 2.69. The zero-order valence-electron chi connectivity index (χ0n) is 17.9. The van der Waals surface area contributed by atoms with Gasteiger partial charge in [-0.3, -0.25) is 10.1 Å². The van der Waals surface area contributed by atoms with Crippen LogP contribution in [0.2, 0.25) is 0 Å². The van der Waals surface area contributed by atoms with E-state index in [4.69, 9.17) is 9.47 Å². The van der Waals surface area contributed by atoms with Gasteiger partial charge in [0.15, 0.2) is 11.5 Å². The Balaban J connectivity index is 2.27. The summed E-state index contributed by atoms with van der Waals surface area (Å²) in [6.07, 6.45) is -4.26. The van der Waals surface area contributed by atoms with Gasteiger partial charge in [-0.25, -0.2) is 5.43 Å². The number of nitro benzene ring substituents is 1. The van der Waals surface area contributed by atoms with Crippen LogP contribution < -0.4 is 14.9 Å². The topological polar surface area (TPSA) is 86.0 Å². The van der Waals surface area contributed by atoms with Gasteiger partial charge in [0.05, 0.1) is 18.2 Å². The minimum Gasteiger partial charge on any atom is -0.493 e. The molecule has 0 heterocycles. The molecule has 2 aromatic rings. The van der Waals surface area contributed by atoms with Gasteiger partial charge in [-0.05, 0) is 41.8 Å². The third-order valence-corrected chi connectivity index (χ3v) is 4.44. The molecule has 0 bridgehead atoms. The Labute approximate surface area is 194 Å². The lowest BCUT2D eigenvalue weighted by molar-refractivity contribution is -0.384. The fraction of sp³-hybridized carbons (Fsp3) is 0.286. The van der Waals surface area contributed by atoms with Crippen molar-refractivity contribution in [2.75, 3.05) is 7.11 Å². The molecule has 1 N–H and O–H groups in total. The van der Waals surface area contributed by atoms with E-state index in [9.17, 15) is 40.8 Å². The molecule has 0 saturated carbocycles. The zero-order valence-corrected chi connectivity index (χ0v) is 17.9. The summed E-state index contributed by atoms with van der Waals surface area (Å²) in [5.41, 5.74) is 1.41. The van der Waals surface area contributed by atoms with E-state index in [-0.39, 0.29) is 35.8 Å². The Hall–Kier alpha value is -3.84. The van der Waals surface area contributed by atoms with Crippen LogP contribution in [-0.4, -0.2) is 36.4 Å². The van der Waals surface area contributed by atoms with Gasteiger partial charge in [-0.2, -0.15) is 35.8 Å². The number of halogens is 7. The van der Waals surface area contributed by atoms with Crippen molar-refractivity contribution >= 4 is 11.9 Å². The molecule has 0 saturated heterocycles. The first-order valence-corrected chi connectivity index (χ1v) is 9.54. The van der Waals surface area contributed by atoms with Gasteiger partial charge in [-0.15, -0.1) is 6.58 Å². The summed E-state index contributed by atoms with van der Waals surface area (Å²) in [6, 6.07) is 2.38. The van der Waals surface area contributed by atoms with Crippen LogP contribution in [0.1, 0.15) is 16.7 Å². The highest BCUT2D eigenvalue weighted by Crippen LogP contribution is 2.45.